The quantitative estimate of drug-likeness (QED) is 0.829. The van der Waals surface area contributed by atoms with Crippen LogP contribution in [-0.4, -0.2) is 11.6 Å². The summed E-state index contributed by atoms with van der Waals surface area (Å²) in [5, 5.41) is 7.15. The predicted octanol–water partition coefficient (Wildman–Crippen LogP) is 4.67. The van der Waals surface area contributed by atoms with Crippen molar-refractivity contribution in [3.8, 4) is 0 Å². The lowest BCUT2D eigenvalue weighted by Gasteiger charge is -2.56. The number of halogens is 1. The molecule has 0 aliphatic heterocycles. The molecule has 0 unspecified atom stereocenters. The lowest BCUT2D eigenvalue weighted by Crippen LogP contribution is -2.61. The number of hydrogen-bond donors (Lipinski definition) is 2. The summed E-state index contributed by atoms with van der Waals surface area (Å²) in [5.74, 6) is 2.52. The SMILES string of the molecule is C[C@@H](NC(=O)NC12CC3CC(CC(C3)C1)C2)c1cccc(Cl)c1. The van der Waals surface area contributed by atoms with Gasteiger partial charge in [-0.2, -0.15) is 0 Å². The molecule has 0 heterocycles. The lowest BCUT2D eigenvalue weighted by atomic mass is 9.53. The first-order valence-corrected chi connectivity index (χ1v) is 9.23. The van der Waals surface area contributed by atoms with Gasteiger partial charge in [-0.3, -0.25) is 0 Å². The summed E-state index contributed by atoms with van der Waals surface area (Å²) in [6.45, 7) is 2.00. The number of nitrogens with one attached hydrogen (secondary N) is 2. The van der Waals surface area contributed by atoms with E-state index in [1.165, 1.54) is 38.5 Å². The highest BCUT2D eigenvalue weighted by atomic mass is 35.5. The third kappa shape index (κ3) is 3.08. The third-order valence-electron chi connectivity index (χ3n) is 6.11. The highest BCUT2D eigenvalue weighted by Crippen LogP contribution is 2.55. The number of rotatable bonds is 3. The average molecular weight is 333 g/mol. The van der Waals surface area contributed by atoms with Crippen LogP contribution in [0.25, 0.3) is 0 Å². The summed E-state index contributed by atoms with van der Waals surface area (Å²) < 4.78 is 0. The summed E-state index contributed by atoms with van der Waals surface area (Å²) >= 11 is 6.04. The minimum atomic E-state index is -0.0392. The Bertz CT molecular complexity index is 580. The van der Waals surface area contributed by atoms with Crippen molar-refractivity contribution in [2.45, 2.75) is 57.0 Å². The van der Waals surface area contributed by atoms with E-state index in [0.29, 0.717) is 5.02 Å². The molecule has 23 heavy (non-hydrogen) atoms. The van der Waals surface area contributed by atoms with Crippen molar-refractivity contribution >= 4 is 17.6 Å². The van der Waals surface area contributed by atoms with Gasteiger partial charge in [-0.25, -0.2) is 4.79 Å². The topological polar surface area (TPSA) is 41.1 Å². The van der Waals surface area contributed by atoms with Gasteiger partial charge in [0.1, 0.15) is 0 Å². The minimum absolute atomic E-state index is 0.0283. The van der Waals surface area contributed by atoms with Crippen LogP contribution in [-0.2, 0) is 0 Å². The fraction of sp³-hybridized carbons (Fsp3) is 0.632. The van der Waals surface area contributed by atoms with Crippen LogP contribution in [0.3, 0.4) is 0 Å². The Morgan fingerprint density at radius 1 is 1.17 bits per heavy atom. The number of carbonyl (C=O) groups is 1. The molecule has 3 nitrogen and oxygen atoms in total. The maximum atomic E-state index is 12.5. The van der Waals surface area contributed by atoms with Crippen molar-refractivity contribution in [2.24, 2.45) is 17.8 Å². The average Bonchev–Trinajstić information content (AvgIpc) is 2.44. The van der Waals surface area contributed by atoms with Crippen molar-refractivity contribution in [2.75, 3.05) is 0 Å². The fourth-order valence-corrected chi connectivity index (χ4v) is 5.80. The summed E-state index contributed by atoms with van der Waals surface area (Å²) in [4.78, 5) is 12.5. The van der Waals surface area contributed by atoms with Crippen molar-refractivity contribution in [3.63, 3.8) is 0 Å². The summed E-state index contributed by atoms with van der Waals surface area (Å²) in [6.07, 6.45) is 7.71. The Balaban J connectivity index is 1.40. The van der Waals surface area contributed by atoms with E-state index < -0.39 is 0 Å². The molecule has 4 heteroatoms. The summed E-state index contributed by atoms with van der Waals surface area (Å²) in [5.41, 5.74) is 1.10. The van der Waals surface area contributed by atoms with Crippen LogP contribution < -0.4 is 10.6 Å². The predicted molar refractivity (Wildman–Crippen MR) is 92.4 cm³/mol. The molecule has 2 N–H and O–H groups in total. The Morgan fingerprint density at radius 3 is 2.35 bits per heavy atom. The molecule has 0 aromatic heterocycles. The first kappa shape index (κ1) is 15.3. The molecule has 4 fully saturated rings. The van der Waals surface area contributed by atoms with Gasteiger partial charge in [0, 0.05) is 10.6 Å². The van der Waals surface area contributed by atoms with E-state index in [4.69, 9.17) is 11.6 Å². The third-order valence-corrected chi connectivity index (χ3v) is 6.35. The molecule has 4 saturated carbocycles. The maximum Gasteiger partial charge on any atom is 0.315 e. The van der Waals surface area contributed by atoms with Crippen LogP contribution in [0.2, 0.25) is 5.02 Å². The van der Waals surface area contributed by atoms with Gasteiger partial charge in [0.15, 0.2) is 0 Å². The van der Waals surface area contributed by atoms with Crippen molar-refractivity contribution in [3.05, 3.63) is 34.9 Å². The molecule has 2 amide bonds. The summed E-state index contributed by atoms with van der Waals surface area (Å²) in [7, 11) is 0. The number of hydrogen-bond acceptors (Lipinski definition) is 1. The smallest absolute Gasteiger partial charge is 0.315 e. The molecule has 1 aromatic carbocycles. The van der Waals surface area contributed by atoms with Crippen molar-refractivity contribution in [1.29, 1.82) is 0 Å². The first-order valence-electron chi connectivity index (χ1n) is 8.85. The standard InChI is InChI=1S/C19H25ClN2O/c1-12(16-3-2-4-17(20)8-16)21-18(23)22-19-9-13-5-14(10-19)7-15(6-13)11-19/h2-4,8,12-15H,5-7,9-11H2,1H3,(H2,21,22,23)/t12-,13?,14?,15?,19?/m1/s1. The molecule has 4 aliphatic carbocycles. The molecule has 1 atom stereocenters. The van der Waals surface area contributed by atoms with E-state index in [-0.39, 0.29) is 17.6 Å². The van der Waals surface area contributed by atoms with E-state index in [0.717, 1.165) is 23.3 Å². The van der Waals surface area contributed by atoms with Gasteiger partial charge < -0.3 is 10.6 Å². The van der Waals surface area contributed by atoms with Gasteiger partial charge in [0.25, 0.3) is 0 Å². The van der Waals surface area contributed by atoms with Gasteiger partial charge >= 0.3 is 6.03 Å². The molecular weight excluding hydrogens is 308 g/mol. The van der Waals surface area contributed by atoms with E-state index >= 15 is 0 Å². The van der Waals surface area contributed by atoms with E-state index in [1.54, 1.807) is 0 Å². The Kier molecular flexibility index (Phi) is 3.79. The zero-order chi connectivity index (χ0) is 16.0. The minimum Gasteiger partial charge on any atom is -0.333 e. The lowest BCUT2D eigenvalue weighted by molar-refractivity contribution is -0.0136. The fourth-order valence-electron chi connectivity index (χ4n) is 5.60. The number of amides is 2. The van der Waals surface area contributed by atoms with Crippen LogP contribution in [0.5, 0.6) is 0 Å². The molecule has 0 radical (unpaired) electrons. The normalized spacial score (nSPS) is 35.8. The first-order chi connectivity index (χ1) is 11.0. The van der Waals surface area contributed by atoms with Crippen LogP contribution in [0.4, 0.5) is 4.79 Å². The van der Waals surface area contributed by atoms with Gasteiger partial charge in [-0.1, -0.05) is 23.7 Å². The molecular formula is C19H25ClN2O. The Morgan fingerprint density at radius 2 is 1.78 bits per heavy atom. The second-order valence-electron chi connectivity index (χ2n) is 8.07. The maximum absolute atomic E-state index is 12.5. The van der Waals surface area contributed by atoms with Crippen LogP contribution in [0, 0.1) is 17.8 Å². The molecule has 124 valence electrons. The van der Waals surface area contributed by atoms with Crippen molar-refractivity contribution in [1.82, 2.24) is 10.6 Å². The molecule has 4 bridgehead atoms. The highest BCUT2D eigenvalue weighted by Gasteiger charge is 2.51. The number of urea groups is 1. The van der Waals surface area contributed by atoms with Crippen molar-refractivity contribution < 1.29 is 4.79 Å². The Labute approximate surface area is 143 Å². The second kappa shape index (κ2) is 5.70. The van der Waals surface area contributed by atoms with Crippen LogP contribution in [0.1, 0.15) is 57.1 Å². The van der Waals surface area contributed by atoms with Gasteiger partial charge in [0.2, 0.25) is 0 Å². The summed E-state index contributed by atoms with van der Waals surface area (Å²) in [6, 6.07) is 7.63. The molecule has 0 saturated heterocycles. The second-order valence-corrected chi connectivity index (χ2v) is 8.51. The van der Waals surface area contributed by atoms with Crippen LogP contribution >= 0.6 is 11.6 Å². The van der Waals surface area contributed by atoms with Gasteiger partial charge in [0.05, 0.1) is 6.04 Å². The molecule has 1 aromatic rings. The molecule has 5 rings (SSSR count). The molecule has 4 aliphatic rings. The van der Waals surface area contributed by atoms with Gasteiger partial charge in [-0.15, -0.1) is 0 Å². The number of benzene rings is 1. The zero-order valence-electron chi connectivity index (χ0n) is 13.6. The van der Waals surface area contributed by atoms with E-state index in [9.17, 15) is 4.79 Å². The molecule has 0 spiro atoms. The monoisotopic (exact) mass is 332 g/mol. The highest BCUT2D eigenvalue weighted by molar-refractivity contribution is 6.30. The zero-order valence-corrected chi connectivity index (χ0v) is 14.4. The number of carbonyl (C=O) groups excluding carboxylic acids is 1. The van der Waals surface area contributed by atoms with E-state index in [2.05, 4.69) is 10.6 Å². The largest absolute Gasteiger partial charge is 0.333 e. The van der Waals surface area contributed by atoms with Gasteiger partial charge in [-0.05, 0) is 80.9 Å². The van der Waals surface area contributed by atoms with Crippen LogP contribution in [0.15, 0.2) is 24.3 Å². The van der Waals surface area contributed by atoms with E-state index in [1.807, 2.05) is 31.2 Å². The Hall–Kier alpha value is -1.22.